The predicted octanol–water partition coefficient (Wildman–Crippen LogP) is 2.80. The van der Waals surface area contributed by atoms with E-state index in [0.29, 0.717) is 4.99 Å². The van der Waals surface area contributed by atoms with E-state index in [1.165, 1.54) is 0 Å². The van der Waals surface area contributed by atoms with Gasteiger partial charge in [-0.15, -0.1) is 0 Å². The molecular formula is C15H17N3OS. The minimum Gasteiger partial charge on any atom is -0.497 e. The van der Waals surface area contributed by atoms with Gasteiger partial charge in [-0.2, -0.15) is 0 Å². The van der Waals surface area contributed by atoms with Gasteiger partial charge in [-0.05, 0) is 30.7 Å². The van der Waals surface area contributed by atoms with Crippen molar-refractivity contribution in [1.82, 2.24) is 4.98 Å². The summed E-state index contributed by atoms with van der Waals surface area (Å²) in [7, 11) is 3.57. The van der Waals surface area contributed by atoms with Crippen molar-refractivity contribution in [3.05, 3.63) is 47.7 Å². The summed E-state index contributed by atoms with van der Waals surface area (Å²) in [4.78, 5) is 6.71. The highest BCUT2D eigenvalue weighted by Crippen LogP contribution is 2.28. The van der Waals surface area contributed by atoms with E-state index in [1.807, 2.05) is 49.2 Å². The van der Waals surface area contributed by atoms with Crippen molar-refractivity contribution in [2.24, 2.45) is 5.73 Å². The first-order valence-electron chi connectivity index (χ1n) is 6.17. The Bertz CT molecular complexity index is 643. The molecule has 0 atom stereocenters. The molecule has 4 nitrogen and oxygen atoms in total. The summed E-state index contributed by atoms with van der Waals surface area (Å²) < 4.78 is 5.24. The van der Waals surface area contributed by atoms with Gasteiger partial charge < -0.3 is 15.4 Å². The van der Waals surface area contributed by atoms with Crippen LogP contribution in [0.3, 0.4) is 0 Å². The number of hydrogen-bond acceptors (Lipinski definition) is 4. The number of nitrogens with zero attached hydrogens (tertiary/aromatic N) is 2. The average molecular weight is 287 g/mol. The van der Waals surface area contributed by atoms with Crippen molar-refractivity contribution < 1.29 is 4.74 Å². The summed E-state index contributed by atoms with van der Waals surface area (Å²) in [5, 5.41) is 0. The number of ether oxygens (including phenoxy) is 1. The molecule has 0 fully saturated rings. The zero-order valence-electron chi connectivity index (χ0n) is 11.8. The molecule has 104 valence electrons. The summed E-state index contributed by atoms with van der Waals surface area (Å²) in [6, 6.07) is 9.65. The monoisotopic (exact) mass is 287 g/mol. The number of aryl methyl sites for hydroxylation is 1. The molecule has 5 heteroatoms. The van der Waals surface area contributed by atoms with E-state index in [1.54, 1.807) is 13.3 Å². The fourth-order valence-corrected chi connectivity index (χ4v) is 2.30. The second kappa shape index (κ2) is 5.88. The van der Waals surface area contributed by atoms with Crippen LogP contribution in [0.25, 0.3) is 0 Å². The van der Waals surface area contributed by atoms with Crippen molar-refractivity contribution in [2.45, 2.75) is 6.92 Å². The molecule has 2 rings (SSSR count). The largest absolute Gasteiger partial charge is 0.497 e. The van der Waals surface area contributed by atoms with Gasteiger partial charge in [0.25, 0.3) is 0 Å². The molecule has 0 unspecified atom stereocenters. The Labute approximate surface area is 124 Å². The maximum absolute atomic E-state index is 5.83. The fourth-order valence-electron chi connectivity index (χ4n) is 2.04. The van der Waals surface area contributed by atoms with Crippen LogP contribution in [-0.2, 0) is 0 Å². The maximum atomic E-state index is 5.83. The van der Waals surface area contributed by atoms with Crippen LogP contribution in [0.5, 0.6) is 5.75 Å². The normalized spacial score (nSPS) is 10.2. The molecule has 20 heavy (non-hydrogen) atoms. The Morgan fingerprint density at radius 2 is 2.10 bits per heavy atom. The smallest absolute Gasteiger partial charge is 0.143 e. The zero-order chi connectivity index (χ0) is 14.7. The number of nitrogens with two attached hydrogens (primary N) is 1. The molecule has 0 aliphatic heterocycles. The second-order valence-electron chi connectivity index (χ2n) is 4.45. The first kappa shape index (κ1) is 14.3. The van der Waals surface area contributed by atoms with Crippen molar-refractivity contribution >= 4 is 28.7 Å². The molecule has 1 heterocycles. The van der Waals surface area contributed by atoms with E-state index in [-0.39, 0.29) is 0 Å². The highest BCUT2D eigenvalue weighted by atomic mass is 32.1. The first-order valence-corrected chi connectivity index (χ1v) is 6.58. The Kier molecular flexibility index (Phi) is 4.20. The van der Waals surface area contributed by atoms with Gasteiger partial charge in [0.2, 0.25) is 0 Å². The fraction of sp³-hybridized carbons (Fsp3) is 0.200. The van der Waals surface area contributed by atoms with Crippen molar-refractivity contribution in [3.63, 3.8) is 0 Å². The minimum atomic E-state index is 0.348. The molecule has 1 aromatic carbocycles. The standard InChI is InChI=1S/C15H17N3OS/c1-10-7-8-17-15(13(10)14(16)20)18(2)11-5-4-6-12(9-11)19-3/h4-9H,1-3H3,(H2,16,20). The topological polar surface area (TPSA) is 51.4 Å². The average Bonchev–Trinajstić information content (AvgIpc) is 2.45. The molecule has 2 aromatic rings. The van der Waals surface area contributed by atoms with E-state index < -0.39 is 0 Å². The second-order valence-corrected chi connectivity index (χ2v) is 4.89. The molecular weight excluding hydrogens is 270 g/mol. The van der Waals surface area contributed by atoms with Gasteiger partial charge in [0.05, 0.1) is 12.7 Å². The molecule has 0 radical (unpaired) electrons. The highest BCUT2D eigenvalue weighted by molar-refractivity contribution is 7.80. The van der Waals surface area contributed by atoms with Crippen LogP contribution in [-0.4, -0.2) is 24.1 Å². The molecule has 0 saturated carbocycles. The molecule has 0 amide bonds. The van der Waals surface area contributed by atoms with Crippen LogP contribution >= 0.6 is 12.2 Å². The number of benzene rings is 1. The predicted molar refractivity (Wildman–Crippen MR) is 85.9 cm³/mol. The van der Waals surface area contributed by atoms with Crippen molar-refractivity contribution in [2.75, 3.05) is 19.1 Å². The Morgan fingerprint density at radius 3 is 2.75 bits per heavy atom. The zero-order valence-corrected chi connectivity index (χ0v) is 12.6. The van der Waals surface area contributed by atoms with Gasteiger partial charge >= 0.3 is 0 Å². The number of rotatable bonds is 4. The molecule has 0 aliphatic carbocycles. The highest BCUT2D eigenvalue weighted by Gasteiger charge is 2.15. The quantitative estimate of drug-likeness (QED) is 0.876. The Balaban J connectivity index is 2.50. The third-order valence-electron chi connectivity index (χ3n) is 3.14. The number of thiocarbonyl (C=S) groups is 1. The maximum Gasteiger partial charge on any atom is 0.143 e. The minimum absolute atomic E-state index is 0.348. The van der Waals surface area contributed by atoms with E-state index in [2.05, 4.69) is 4.98 Å². The van der Waals surface area contributed by atoms with E-state index in [4.69, 9.17) is 22.7 Å². The van der Waals surface area contributed by atoms with Crippen molar-refractivity contribution in [3.8, 4) is 5.75 Å². The van der Waals surface area contributed by atoms with Gasteiger partial charge in [-0.25, -0.2) is 4.98 Å². The summed E-state index contributed by atoms with van der Waals surface area (Å²) >= 11 is 5.14. The van der Waals surface area contributed by atoms with Gasteiger partial charge in [0.15, 0.2) is 0 Å². The molecule has 0 spiro atoms. The van der Waals surface area contributed by atoms with Gasteiger partial charge in [0, 0.05) is 25.0 Å². The summed E-state index contributed by atoms with van der Waals surface area (Å²) in [5.41, 5.74) is 8.60. The third-order valence-corrected chi connectivity index (χ3v) is 3.35. The van der Waals surface area contributed by atoms with E-state index in [9.17, 15) is 0 Å². The van der Waals surface area contributed by atoms with Crippen LogP contribution in [0.2, 0.25) is 0 Å². The molecule has 2 N–H and O–H groups in total. The van der Waals surface area contributed by atoms with Crippen LogP contribution < -0.4 is 15.4 Å². The van der Waals surface area contributed by atoms with E-state index in [0.717, 1.165) is 28.4 Å². The third kappa shape index (κ3) is 2.72. The van der Waals surface area contributed by atoms with Crippen molar-refractivity contribution in [1.29, 1.82) is 0 Å². The molecule has 1 aromatic heterocycles. The number of anilines is 2. The number of methoxy groups -OCH3 is 1. The van der Waals surface area contributed by atoms with Gasteiger partial charge in [0.1, 0.15) is 16.6 Å². The lowest BCUT2D eigenvalue weighted by Gasteiger charge is -2.22. The lowest BCUT2D eigenvalue weighted by Crippen LogP contribution is -2.20. The summed E-state index contributed by atoms with van der Waals surface area (Å²) in [5.74, 6) is 1.53. The lowest BCUT2D eigenvalue weighted by molar-refractivity contribution is 0.415. The van der Waals surface area contributed by atoms with Gasteiger partial charge in [-0.3, -0.25) is 0 Å². The Hall–Kier alpha value is -2.14. The van der Waals surface area contributed by atoms with Crippen LogP contribution in [0.15, 0.2) is 36.5 Å². The molecule has 0 bridgehead atoms. The summed E-state index contributed by atoms with van der Waals surface area (Å²) in [6.07, 6.45) is 1.75. The van der Waals surface area contributed by atoms with Gasteiger partial charge in [-0.1, -0.05) is 18.3 Å². The van der Waals surface area contributed by atoms with Crippen LogP contribution in [0.4, 0.5) is 11.5 Å². The van der Waals surface area contributed by atoms with E-state index >= 15 is 0 Å². The molecule has 0 saturated heterocycles. The van der Waals surface area contributed by atoms with Crippen LogP contribution in [0, 0.1) is 6.92 Å². The number of pyridine rings is 1. The first-order chi connectivity index (χ1) is 9.54. The lowest BCUT2D eigenvalue weighted by atomic mass is 10.1. The SMILES string of the molecule is COc1cccc(N(C)c2nccc(C)c2C(N)=S)c1. The Morgan fingerprint density at radius 1 is 1.35 bits per heavy atom. The molecule has 0 aliphatic rings. The summed E-state index contributed by atoms with van der Waals surface area (Å²) in [6.45, 7) is 1.97. The van der Waals surface area contributed by atoms with Crippen LogP contribution in [0.1, 0.15) is 11.1 Å². The number of hydrogen-bond donors (Lipinski definition) is 1. The number of aromatic nitrogens is 1.